The Bertz CT molecular complexity index is 906. The van der Waals surface area contributed by atoms with Gasteiger partial charge in [0.25, 0.3) is 0 Å². The molecular weight excluding hydrogens is 420 g/mol. The molecule has 1 amide bonds. The van der Waals surface area contributed by atoms with Crippen LogP contribution in [0.15, 0.2) is 48.5 Å². The first kappa shape index (κ1) is 22.4. The van der Waals surface area contributed by atoms with Crippen LogP contribution in [0.25, 0.3) is 0 Å². The Balaban J connectivity index is 1.86. The highest BCUT2D eigenvalue weighted by Gasteiger charge is 2.21. The van der Waals surface area contributed by atoms with Gasteiger partial charge < -0.3 is 10.1 Å². The van der Waals surface area contributed by atoms with Gasteiger partial charge in [-0.25, -0.2) is 8.42 Å². The van der Waals surface area contributed by atoms with Gasteiger partial charge in [0.1, 0.15) is 12.3 Å². The fourth-order valence-electron chi connectivity index (χ4n) is 2.41. The number of nitrogens with one attached hydrogen (secondary N) is 1. The third kappa shape index (κ3) is 6.92. The van der Waals surface area contributed by atoms with E-state index in [0.717, 1.165) is 26.9 Å². The van der Waals surface area contributed by atoms with E-state index < -0.39 is 10.0 Å². The van der Waals surface area contributed by atoms with Crippen molar-refractivity contribution in [3.05, 3.63) is 59.1 Å². The number of sulfonamides is 1. The third-order valence-electron chi connectivity index (χ3n) is 3.81. The number of carbonyl (C=O) groups is 1. The molecule has 0 saturated carbocycles. The lowest BCUT2D eigenvalue weighted by Gasteiger charge is -2.22. The first-order chi connectivity index (χ1) is 13.3. The van der Waals surface area contributed by atoms with Gasteiger partial charge in [0.05, 0.1) is 19.1 Å². The molecule has 0 unspecified atom stereocenters. The monoisotopic (exact) mass is 442 g/mol. The molecule has 0 heterocycles. The number of hydrogen-bond acceptors (Lipinski definition) is 5. The minimum Gasteiger partial charge on any atom is -0.497 e. The summed E-state index contributed by atoms with van der Waals surface area (Å²) in [4.78, 5) is 12.2. The Morgan fingerprint density at radius 3 is 2.64 bits per heavy atom. The van der Waals surface area contributed by atoms with Gasteiger partial charge in [0.15, 0.2) is 0 Å². The van der Waals surface area contributed by atoms with E-state index in [-0.39, 0.29) is 12.5 Å². The topological polar surface area (TPSA) is 75.7 Å². The van der Waals surface area contributed by atoms with E-state index >= 15 is 0 Å². The summed E-state index contributed by atoms with van der Waals surface area (Å²) in [7, 11) is -2.12. The van der Waals surface area contributed by atoms with Crippen molar-refractivity contribution < 1.29 is 17.9 Å². The number of nitrogens with zero attached hydrogens (tertiary/aromatic N) is 1. The average Bonchev–Trinajstić information content (AvgIpc) is 2.66. The Kier molecular flexibility index (Phi) is 8.47. The quantitative estimate of drug-likeness (QED) is 0.572. The van der Waals surface area contributed by atoms with Gasteiger partial charge >= 0.3 is 0 Å². The summed E-state index contributed by atoms with van der Waals surface area (Å²) in [5, 5.41) is 3.48. The maximum atomic E-state index is 12.2. The van der Waals surface area contributed by atoms with Crippen LogP contribution >= 0.6 is 23.4 Å². The van der Waals surface area contributed by atoms with E-state index in [1.165, 1.54) is 7.11 Å². The molecule has 0 spiro atoms. The largest absolute Gasteiger partial charge is 0.497 e. The second-order valence-corrected chi connectivity index (χ2v) is 9.38. The van der Waals surface area contributed by atoms with Gasteiger partial charge in [0, 0.05) is 29.1 Å². The van der Waals surface area contributed by atoms with Gasteiger partial charge in [-0.05, 0) is 23.8 Å². The van der Waals surface area contributed by atoms with E-state index in [9.17, 15) is 13.2 Å². The summed E-state index contributed by atoms with van der Waals surface area (Å²) in [6.07, 6.45) is 1.07. The molecule has 0 radical (unpaired) electrons. The summed E-state index contributed by atoms with van der Waals surface area (Å²) < 4.78 is 30.4. The van der Waals surface area contributed by atoms with Gasteiger partial charge in [-0.1, -0.05) is 35.9 Å². The number of anilines is 1. The number of carbonyl (C=O) groups excluding carboxylic acids is 1. The molecule has 2 rings (SSSR count). The van der Waals surface area contributed by atoms with Crippen LogP contribution in [0, 0.1) is 0 Å². The molecule has 2 aromatic carbocycles. The SMILES string of the molecule is COc1cccc(N(CC(=O)NCCSCc2ccccc2Cl)S(C)(=O)=O)c1. The van der Waals surface area contributed by atoms with Crippen molar-refractivity contribution in [1.82, 2.24) is 5.32 Å². The summed E-state index contributed by atoms with van der Waals surface area (Å²) in [5.74, 6) is 1.58. The molecule has 0 aliphatic rings. The Morgan fingerprint density at radius 1 is 1.21 bits per heavy atom. The van der Waals surface area contributed by atoms with E-state index in [0.29, 0.717) is 23.7 Å². The average molecular weight is 443 g/mol. The zero-order valence-corrected chi connectivity index (χ0v) is 18.1. The lowest BCUT2D eigenvalue weighted by molar-refractivity contribution is -0.119. The first-order valence-electron chi connectivity index (χ1n) is 8.51. The second kappa shape index (κ2) is 10.6. The number of benzene rings is 2. The fraction of sp³-hybridized carbons (Fsp3) is 0.316. The molecule has 0 atom stereocenters. The molecule has 0 aliphatic heterocycles. The van der Waals surface area contributed by atoms with Crippen LogP contribution in [0.2, 0.25) is 5.02 Å². The molecule has 28 heavy (non-hydrogen) atoms. The number of amides is 1. The van der Waals surface area contributed by atoms with Crippen molar-refractivity contribution in [1.29, 1.82) is 0 Å². The normalized spacial score (nSPS) is 11.1. The van der Waals surface area contributed by atoms with Crippen LogP contribution < -0.4 is 14.4 Å². The highest BCUT2D eigenvalue weighted by Crippen LogP contribution is 2.23. The maximum absolute atomic E-state index is 12.2. The summed E-state index contributed by atoms with van der Waals surface area (Å²) >= 11 is 7.75. The van der Waals surface area contributed by atoms with E-state index in [4.69, 9.17) is 16.3 Å². The van der Waals surface area contributed by atoms with E-state index in [1.54, 1.807) is 36.0 Å². The van der Waals surface area contributed by atoms with Crippen LogP contribution in [0.5, 0.6) is 5.75 Å². The molecule has 152 valence electrons. The van der Waals surface area contributed by atoms with E-state index in [1.807, 2.05) is 24.3 Å². The van der Waals surface area contributed by atoms with Crippen molar-refractivity contribution in [2.24, 2.45) is 0 Å². The maximum Gasteiger partial charge on any atom is 0.240 e. The number of methoxy groups -OCH3 is 1. The predicted octanol–water partition coefficient (Wildman–Crippen LogP) is 3.16. The van der Waals surface area contributed by atoms with Crippen LogP contribution in [0.1, 0.15) is 5.56 Å². The number of rotatable bonds is 10. The lowest BCUT2D eigenvalue weighted by atomic mass is 10.2. The number of ether oxygens (including phenoxy) is 1. The van der Waals surface area contributed by atoms with Gasteiger partial charge in [-0.15, -0.1) is 0 Å². The highest BCUT2D eigenvalue weighted by atomic mass is 35.5. The zero-order valence-electron chi connectivity index (χ0n) is 15.7. The molecule has 9 heteroatoms. The van der Waals surface area contributed by atoms with Crippen molar-refractivity contribution >= 4 is 45.0 Å². The standard InChI is InChI=1S/C19H23ClN2O4S2/c1-26-17-8-5-7-16(12-17)22(28(2,24)25)13-19(23)21-10-11-27-14-15-6-3-4-9-18(15)20/h3-9,12H,10-11,13-14H2,1-2H3,(H,21,23). The highest BCUT2D eigenvalue weighted by molar-refractivity contribution is 7.98. The van der Waals surface area contributed by atoms with Crippen LogP contribution in [0.3, 0.4) is 0 Å². The molecule has 0 aliphatic carbocycles. The zero-order chi connectivity index (χ0) is 20.6. The van der Waals surface area contributed by atoms with E-state index in [2.05, 4.69) is 5.32 Å². The molecule has 0 fully saturated rings. The van der Waals surface area contributed by atoms with Crippen LogP contribution in [0.4, 0.5) is 5.69 Å². The Hall–Kier alpha value is -1.90. The minimum atomic E-state index is -3.62. The first-order valence-corrected chi connectivity index (χ1v) is 11.9. The molecule has 0 aromatic heterocycles. The number of halogens is 1. The van der Waals surface area contributed by atoms with Crippen LogP contribution in [-0.2, 0) is 20.6 Å². The molecule has 0 bridgehead atoms. The summed E-state index contributed by atoms with van der Waals surface area (Å²) in [6.45, 7) is 0.144. The predicted molar refractivity (Wildman–Crippen MR) is 116 cm³/mol. The van der Waals surface area contributed by atoms with Crippen LogP contribution in [-0.4, -0.2) is 46.5 Å². The van der Waals surface area contributed by atoms with Crippen molar-refractivity contribution in [2.45, 2.75) is 5.75 Å². The molecule has 0 saturated heterocycles. The molecule has 6 nitrogen and oxygen atoms in total. The molecule has 2 aromatic rings. The van der Waals surface area contributed by atoms with Crippen molar-refractivity contribution in [3.8, 4) is 5.75 Å². The van der Waals surface area contributed by atoms with Crippen molar-refractivity contribution in [3.63, 3.8) is 0 Å². The Morgan fingerprint density at radius 2 is 1.96 bits per heavy atom. The van der Waals surface area contributed by atoms with Gasteiger partial charge in [0.2, 0.25) is 15.9 Å². The Labute approximate surface area is 175 Å². The lowest BCUT2D eigenvalue weighted by Crippen LogP contribution is -2.41. The molecule has 1 N–H and O–H groups in total. The third-order valence-corrected chi connectivity index (χ3v) is 6.33. The number of thioether (sulfide) groups is 1. The van der Waals surface area contributed by atoms with Crippen molar-refractivity contribution in [2.75, 3.05) is 36.5 Å². The fourth-order valence-corrected chi connectivity index (χ4v) is 4.40. The summed E-state index contributed by atoms with van der Waals surface area (Å²) in [5.41, 5.74) is 1.42. The summed E-state index contributed by atoms with van der Waals surface area (Å²) in [6, 6.07) is 14.2. The second-order valence-electron chi connectivity index (χ2n) is 5.97. The van der Waals surface area contributed by atoms with Gasteiger partial charge in [-0.2, -0.15) is 11.8 Å². The number of hydrogen-bond donors (Lipinski definition) is 1. The smallest absolute Gasteiger partial charge is 0.240 e. The van der Waals surface area contributed by atoms with Gasteiger partial charge in [-0.3, -0.25) is 9.10 Å². The molecular formula is C19H23ClN2O4S2. The minimum absolute atomic E-state index is 0.290.